The second kappa shape index (κ2) is 7.72. The highest BCUT2D eigenvalue weighted by Gasteiger charge is 2.15. The number of rotatable bonds is 6. The van der Waals surface area contributed by atoms with Crippen molar-refractivity contribution in [2.45, 2.75) is 25.9 Å². The van der Waals surface area contributed by atoms with Crippen molar-refractivity contribution in [1.29, 1.82) is 0 Å². The van der Waals surface area contributed by atoms with Crippen molar-refractivity contribution in [1.82, 2.24) is 14.9 Å². The van der Waals surface area contributed by atoms with Gasteiger partial charge in [0.2, 0.25) is 0 Å². The van der Waals surface area contributed by atoms with Crippen LogP contribution in [0.1, 0.15) is 34.6 Å². The topological polar surface area (TPSA) is 78.3 Å². The van der Waals surface area contributed by atoms with Gasteiger partial charge in [-0.25, -0.2) is 14.8 Å². The molecule has 0 saturated carbocycles. The lowest BCUT2D eigenvalue weighted by Gasteiger charge is -2.15. The largest absolute Gasteiger partial charge is 0.478 e. The molecule has 2 aromatic carbocycles. The number of carboxylic acids is 1. The molecule has 3 aromatic rings. The van der Waals surface area contributed by atoms with E-state index in [0.717, 1.165) is 47.7 Å². The Kier molecular flexibility index (Phi) is 4.98. The predicted molar refractivity (Wildman–Crippen MR) is 105 cm³/mol. The van der Waals surface area contributed by atoms with Gasteiger partial charge in [-0.3, -0.25) is 4.90 Å². The van der Waals surface area contributed by atoms with Gasteiger partial charge >= 0.3 is 5.97 Å². The molecular formula is C21H22N4O2. The Hall–Kier alpha value is -2.99. The lowest BCUT2D eigenvalue weighted by molar-refractivity contribution is 0.0697. The number of hydrogen-bond donors (Lipinski definition) is 2. The van der Waals surface area contributed by atoms with Gasteiger partial charge in [0, 0.05) is 11.9 Å². The molecule has 0 radical (unpaired) electrons. The molecule has 0 aliphatic carbocycles. The van der Waals surface area contributed by atoms with Gasteiger partial charge in [-0.15, -0.1) is 0 Å². The molecule has 1 aromatic heterocycles. The lowest BCUT2D eigenvalue weighted by atomic mass is 10.1. The van der Waals surface area contributed by atoms with Crippen LogP contribution >= 0.6 is 0 Å². The van der Waals surface area contributed by atoms with Gasteiger partial charge in [-0.1, -0.05) is 24.3 Å². The van der Waals surface area contributed by atoms with E-state index in [1.165, 1.54) is 12.8 Å². The summed E-state index contributed by atoms with van der Waals surface area (Å²) in [6.07, 6.45) is 2.48. The van der Waals surface area contributed by atoms with Gasteiger partial charge in [0.05, 0.1) is 17.6 Å². The van der Waals surface area contributed by atoms with E-state index < -0.39 is 5.97 Å². The Morgan fingerprint density at radius 3 is 2.52 bits per heavy atom. The molecule has 138 valence electrons. The first-order chi connectivity index (χ1) is 13.2. The van der Waals surface area contributed by atoms with Gasteiger partial charge in [0.15, 0.2) is 0 Å². The molecule has 0 bridgehead atoms. The second-order valence-electron chi connectivity index (χ2n) is 6.84. The van der Waals surface area contributed by atoms with Gasteiger partial charge in [-0.05, 0) is 55.8 Å². The molecule has 1 saturated heterocycles. The summed E-state index contributed by atoms with van der Waals surface area (Å²) in [6, 6.07) is 14.9. The normalized spacial score (nSPS) is 14.5. The first-order valence-electron chi connectivity index (χ1n) is 9.23. The van der Waals surface area contributed by atoms with E-state index in [4.69, 9.17) is 15.1 Å². The maximum atomic E-state index is 11.0. The van der Waals surface area contributed by atoms with Crippen molar-refractivity contribution >= 4 is 22.7 Å². The molecule has 1 aliphatic rings. The van der Waals surface area contributed by atoms with Crippen LogP contribution in [-0.2, 0) is 13.1 Å². The first-order valence-corrected chi connectivity index (χ1v) is 9.23. The third kappa shape index (κ3) is 4.06. The van der Waals surface area contributed by atoms with Crippen molar-refractivity contribution in [2.75, 3.05) is 18.4 Å². The Balaban J connectivity index is 1.56. The first kappa shape index (κ1) is 17.4. The molecule has 0 amide bonds. The number of carboxylic acid groups (broad SMARTS) is 1. The predicted octanol–water partition coefficient (Wildman–Crippen LogP) is 3.54. The fourth-order valence-electron chi connectivity index (χ4n) is 3.42. The molecule has 4 rings (SSSR count). The Labute approximate surface area is 157 Å². The van der Waals surface area contributed by atoms with Crippen LogP contribution < -0.4 is 5.32 Å². The number of fused-ring (bicyclic) bond motifs is 1. The van der Waals surface area contributed by atoms with Crippen LogP contribution in [0.4, 0.5) is 5.82 Å². The van der Waals surface area contributed by atoms with Crippen molar-refractivity contribution in [3.8, 4) is 0 Å². The van der Waals surface area contributed by atoms with E-state index in [9.17, 15) is 4.79 Å². The van der Waals surface area contributed by atoms with Crippen LogP contribution in [0.5, 0.6) is 0 Å². The number of nitrogens with one attached hydrogen (secondary N) is 1. The van der Waals surface area contributed by atoms with Crippen LogP contribution in [0.15, 0.2) is 48.5 Å². The molecule has 2 N–H and O–H groups in total. The van der Waals surface area contributed by atoms with E-state index in [1.807, 2.05) is 36.4 Å². The summed E-state index contributed by atoms with van der Waals surface area (Å²) in [6.45, 7) is 3.56. The zero-order chi connectivity index (χ0) is 18.6. The number of para-hydroxylation sites is 1. The summed E-state index contributed by atoms with van der Waals surface area (Å²) in [5.74, 6) is 0.735. The van der Waals surface area contributed by atoms with Crippen LogP contribution in [0.25, 0.3) is 10.9 Å². The maximum absolute atomic E-state index is 11.0. The molecule has 0 unspecified atom stereocenters. The molecule has 0 atom stereocenters. The maximum Gasteiger partial charge on any atom is 0.335 e. The Bertz CT molecular complexity index is 950. The highest BCUT2D eigenvalue weighted by atomic mass is 16.4. The van der Waals surface area contributed by atoms with Crippen molar-refractivity contribution in [3.63, 3.8) is 0 Å². The minimum absolute atomic E-state index is 0.291. The fourth-order valence-corrected chi connectivity index (χ4v) is 3.42. The van der Waals surface area contributed by atoms with Gasteiger partial charge in [0.25, 0.3) is 0 Å². The Morgan fingerprint density at radius 1 is 1.04 bits per heavy atom. The van der Waals surface area contributed by atoms with E-state index in [0.29, 0.717) is 12.1 Å². The van der Waals surface area contributed by atoms with E-state index in [-0.39, 0.29) is 0 Å². The van der Waals surface area contributed by atoms with Crippen molar-refractivity contribution in [2.24, 2.45) is 0 Å². The van der Waals surface area contributed by atoms with E-state index >= 15 is 0 Å². The minimum Gasteiger partial charge on any atom is -0.478 e. The summed E-state index contributed by atoms with van der Waals surface area (Å²) in [5.41, 5.74) is 2.23. The molecular weight excluding hydrogens is 340 g/mol. The summed E-state index contributed by atoms with van der Waals surface area (Å²) >= 11 is 0. The standard InChI is InChI=1S/C21H22N4O2/c26-21(27)16-9-7-15(8-10-16)13-22-20-17-5-1-2-6-18(17)23-19(24-20)14-25-11-3-4-12-25/h1-2,5-10H,3-4,11-14H2,(H,26,27)(H,22,23,24). The molecule has 0 spiro atoms. The van der Waals surface area contributed by atoms with Crippen LogP contribution in [0.2, 0.25) is 0 Å². The number of carbonyl (C=O) groups is 1. The average molecular weight is 362 g/mol. The van der Waals surface area contributed by atoms with E-state index in [1.54, 1.807) is 12.1 Å². The lowest BCUT2D eigenvalue weighted by Crippen LogP contribution is -2.20. The number of aromatic nitrogens is 2. The summed E-state index contributed by atoms with van der Waals surface area (Å²) in [5, 5.41) is 13.4. The highest BCUT2D eigenvalue weighted by Crippen LogP contribution is 2.22. The SMILES string of the molecule is O=C(O)c1ccc(CNc2nc(CN3CCCC3)nc3ccccc23)cc1. The average Bonchev–Trinajstić information content (AvgIpc) is 3.19. The zero-order valence-electron chi connectivity index (χ0n) is 15.1. The molecule has 2 heterocycles. The number of likely N-dealkylation sites (tertiary alicyclic amines) is 1. The third-order valence-corrected chi connectivity index (χ3v) is 4.87. The number of anilines is 1. The molecule has 1 aliphatic heterocycles. The smallest absolute Gasteiger partial charge is 0.335 e. The number of nitrogens with zero attached hydrogens (tertiary/aromatic N) is 3. The highest BCUT2D eigenvalue weighted by molar-refractivity contribution is 5.89. The summed E-state index contributed by atoms with van der Waals surface area (Å²) in [4.78, 5) is 22.9. The number of hydrogen-bond acceptors (Lipinski definition) is 5. The van der Waals surface area contributed by atoms with Crippen LogP contribution in [-0.4, -0.2) is 39.0 Å². The zero-order valence-corrected chi connectivity index (χ0v) is 15.1. The Morgan fingerprint density at radius 2 is 1.78 bits per heavy atom. The monoisotopic (exact) mass is 362 g/mol. The van der Waals surface area contributed by atoms with E-state index in [2.05, 4.69) is 10.2 Å². The molecule has 27 heavy (non-hydrogen) atoms. The fraction of sp³-hybridized carbons (Fsp3) is 0.286. The number of benzene rings is 2. The van der Waals surface area contributed by atoms with Crippen LogP contribution in [0.3, 0.4) is 0 Å². The number of aromatic carboxylic acids is 1. The third-order valence-electron chi connectivity index (χ3n) is 4.87. The van der Waals surface area contributed by atoms with Crippen LogP contribution in [0, 0.1) is 0 Å². The quantitative estimate of drug-likeness (QED) is 0.698. The molecule has 6 heteroatoms. The second-order valence-corrected chi connectivity index (χ2v) is 6.84. The minimum atomic E-state index is -0.914. The van der Waals surface area contributed by atoms with Gasteiger partial charge in [0.1, 0.15) is 11.6 Å². The summed E-state index contributed by atoms with van der Waals surface area (Å²) in [7, 11) is 0. The molecule has 6 nitrogen and oxygen atoms in total. The van der Waals surface area contributed by atoms with Gasteiger partial charge < -0.3 is 10.4 Å². The molecule has 1 fully saturated rings. The van der Waals surface area contributed by atoms with Gasteiger partial charge in [-0.2, -0.15) is 0 Å². The van der Waals surface area contributed by atoms with Crippen molar-refractivity contribution < 1.29 is 9.90 Å². The summed E-state index contributed by atoms with van der Waals surface area (Å²) < 4.78 is 0. The van der Waals surface area contributed by atoms with Crippen molar-refractivity contribution in [3.05, 3.63) is 65.5 Å².